The normalized spacial score (nSPS) is 11.0. The molecule has 1 rings (SSSR count). The van der Waals surface area contributed by atoms with E-state index in [2.05, 4.69) is 35.9 Å². The molecule has 0 saturated heterocycles. The van der Waals surface area contributed by atoms with Crippen molar-refractivity contribution in [3.05, 3.63) is 35.9 Å². The molecule has 0 atom stereocenters. The van der Waals surface area contributed by atoms with Crippen LogP contribution in [0.4, 0.5) is 0 Å². The number of unbranched alkanes of at least 4 members (excludes halogenated alkanes) is 1. The lowest BCUT2D eigenvalue weighted by Gasteiger charge is -2.19. The van der Waals surface area contributed by atoms with Crippen LogP contribution < -0.4 is 5.73 Å². The van der Waals surface area contributed by atoms with E-state index < -0.39 is 0 Å². The summed E-state index contributed by atoms with van der Waals surface area (Å²) in [5, 5.41) is 0. The lowest BCUT2D eigenvalue weighted by Crippen LogP contribution is -2.37. The fourth-order valence-corrected chi connectivity index (χ4v) is 1.92. The molecule has 1 aromatic rings. The van der Waals surface area contributed by atoms with Gasteiger partial charge in [0, 0.05) is 26.2 Å². The van der Waals surface area contributed by atoms with Crippen LogP contribution in [0.3, 0.4) is 0 Å². The lowest BCUT2D eigenvalue weighted by molar-refractivity contribution is 0.117. The predicted octanol–water partition coefficient (Wildman–Crippen LogP) is 3.26. The van der Waals surface area contributed by atoms with Crippen LogP contribution in [-0.4, -0.2) is 37.1 Å². The Hall–Kier alpha value is -0.820. The fraction of sp³-hybridized carbons (Fsp3) is 0.562. The lowest BCUT2D eigenvalue weighted by atomic mass is 10.2. The van der Waals surface area contributed by atoms with Gasteiger partial charge in [-0.25, -0.2) is 0 Å². The Morgan fingerprint density at radius 2 is 1.81 bits per heavy atom. The third-order valence-electron chi connectivity index (χ3n) is 3.17. The van der Waals surface area contributed by atoms with Gasteiger partial charge < -0.3 is 15.4 Å². The molecule has 0 amide bonds. The highest BCUT2D eigenvalue weighted by atomic mass is 127. The van der Waals surface area contributed by atoms with Crippen molar-refractivity contribution in [2.45, 2.75) is 33.3 Å². The molecular weight excluding hydrogens is 377 g/mol. The summed E-state index contributed by atoms with van der Waals surface area (Å²) in [4.78, 5) is 6.45. The minimum absolute atomic E-state index is 0. The first-order valence-corrected chi connectivity index (χ1v) is 7.44. The second-order valence-electron chi connectivity index (χ2n) is 4.66. The highest BCUT2D eigenvalue weighted by Crippen LogP contribution is 2.01. The first-order valence-electron chi connectivity index (χ1n) is 7.44. The fourth-order valence-electron chi connectivity index (χ4n) is 1.92. The van der Waals surface area contributed by atoms with Crippen LogP contribution in [0.25, 0.3) is 0 Å². The second kappa shape index (κ2) is 12.9. The van der Waals surface area contributed by atoms with Gasteiger partial charge in [0.1, 0.15) is 0 Å². The SMILES string of the molecule is CCN(CC)C(N)=NCCCCOCc1ccccc1.I. The molecule has 2 N–H and O–H groups in total. The predicted molar refractivity (Wildman–Crippen MR) is 100 cm³/mol. The van der Waals surface area contributed by atoms with Gasteiger partial charge in [-0.1, -0.05) is 30.3 Å². The maximum absolute atomic E-state index is 5.90. The molecule has 5 heteroatoms. The number of rotatable bonds is 9. The van der Waals surface area contributed by atoms with Gasteiger partial charge in [-0.2, -0.15) is 0 Å². The number of ether oxygens (including phenoxy) is 1. The smallest absolute Gasteiger partial charge is 0.191 e. The molecule has 0 heterocycles. The van der Waals surface area contributed by atoms with Crippen LogP contribution in [0.15, 0.2) is 35.3 Å². The van der Waals surface area contributed by atoms with Crippen molar-refractivity contribution in [2.75, 3.05) is 26.2 Å². The molecule has 1 aromatic carbocycles. The first kappa shape index (κ1) is 20.2. The summed E-state index contributed by atoms with van der Waals surface area (Å²) >= 11 is 0. The third-order valence-corrected chi connectivity index (χ3v) is 3.17. The van der Waals surface area contributed by atoms with E-state index in [0.717, 1.165) is 39.1 Å². The molecule has 0 unspecified atom stereocenters. The largest absolute Gasteiger partial charge is 0.377 e. The van der Waals surface area contributed by atoms with E-state index >= 15 is 0 Å². The zero-order valence-electron chi connectivity index (χ0n) is 13.1. The monoisotopic (exact) mass is 405 g/mol. The summed E-state index contributed by atoms with van der Waals surface area (Å²) < 4.78 is 5.63. The highest BCUT2D eigenvalue weighted by molar-refractivity contribution is 14.0. The number of hydrogen-bond donors (Lipinski definition) is 1. The van der Waals surface area contributed by atoms with E-state index in [-0.39, 0.29) is 24.0 Å². The van der Waals surface area contributed by atoms with Crippen molar-refractivity contribution in [3.8, 4) is 0 Å². The topological polar surface area (TPSA) is 50.8 Å². The quantitative estimate of drug-likeness (QED) is 0.297. The molecule has 120 valence electrons. The van der Waals surface area contributed by atoms with Gasteiger partial charge in [0.25, 0.3) is 0 Å². The third kappa shape index (κ3) is 8.93. The highest BCUT2D eigenvalue weighted by Gasteiger charge is 2.00. The average Bonchev–Trinajstić information content (AvgIpc) is 2.48. The summed E-state index contributed by atoms with van der Waals surface area (Å²) in [7, 11) is 0. The van der Waals surface area contributed by atoms with E-state index in [9.17, 15) is 0 Å². The minimum Gasteiger partial charge on any atom is -0.377 e. The van der Waals surface area contributed by atoms with Crippen LogP contribution in [0.2, 0.25) is 0 Å². The molecular formula is C16H28IN3O. The Labute approximate surface area is 145 Å². The Morgan fingerprint density at radius 3 is 2.43 bits per heavy atom. The Morgan fingerprint density at radius 1 is 1.14 bits per heavy atom. The summed E-state index contributed by atoms with van der Waals surface area (Å²) in [6.45, 7) is 8.23. The summed E-state index contributed by atoms with van der Waals surface area (Å²) in [5.41, 5.74) is 7.12. The molecule has 0 aliphatic heterocycles. The molecule has 0 bridgehead atoms. The minimum atomic E-state index is 0. The standard InChI is InChI=1S/C16H27N3O.HI/c1-3-19(4-2)16(17)18-12-8-9-13-20-14-15-10-6-5-7-11-15;/h5-7,10-11H,3-4,8-9,12-14H2,1-2H3,(H2,17,18);1H. The maximum Gasteiger partial charge on any atom is 0.191 e. The van der Waals surface area contributed by atoms with Crippen molar-refractivity contribution >= 4 is 29.9 Å². The maximum atomic E-state index is 5.90. The molecule has 21 heavy (non-hydrogen) atoms. The van der Waals surface area contributed by atoms with E-state index in [4.69, 9.17) is 10.5 Å². The van der Waals surface area contributed by atoms with E-state index in [1.165, 1.54) is 5.56 Å². The zero-order valence-corrected chi connectivity index (χ0v) is 15.5. The number of halogens is 1. The Balaban J connectivity index is 0.00000400. The zero-order chi connectivity index (χ0) is 14.6. The molecule has 0 aliphatic rings. The summed E-state index contributed by atoms with van der Waals surface area (Å²) in [5.74, 6) is 0.653. The van der Waals surface area contributed by atoms with E-state index in [0.29, 0.717) is 12.6 Å². The summed E-state index contributed by atoms with van der Waals surface area (Å²) in [6.07, 6.45) is 2.03. The number of benzene rings is 1. The van der Waals surface area contributed by atoms with Crippen LogP contribution in [0, 0.1) is 0 Å². The number of aliphatic imine (C=N–C) groups is 1. The van der Waals surface area contributed by atoms with Crippen LogP contribution in [0.1, 0.15) is 32.3 Å². The molecule has 0 saturated carbocycles. The molecule has 0 spiro atoms. The number of nitrogens with zero attached hydrogens (tertiary/aromatic N) is 2. The molecule has 0 aliphatic carbocycles. The van der Waals surface area contributed by atoms with E-state index in [1.807, 2.05) is 18.2 Å². The molecule has 0 fully saturated rings. The van der Waals surface area contributed by atoms with Gasteiger partial charge in [0.2, 0.25) is 0 Å². The van der Waals surface area contributed by atoms with Crippen LogP contribution in [0.5, 0.6) is 0 Å². The molecule has 4 nitrogen and oxygen atoms in total. The van der Waals surface area contributed by atoms with Gasteiger partial charge in [0.05, 0.1) is 6.61 Å². The van der Waals surface area contributed by atoms with Crippen molar-refractivity contribution in [2.24, 2.45) is 10.7 Å². The average molecular weight is 405 g/mol. The molecule has 0 aromatic heterocycles. The van der Waals surface area contributed by atoms with Gasteiger partial charge in [-0.3, -0.25) is 4.99 Å². The van der Waals surface area contributed by atoms with Crippen molar-refractivity contribution in [1.82, 2.24) is 4.90 Å². The second-order valence-corrected chi connectivity index (χ2v) is 4.66. The Bertz CT molecular complexity index is 380. The Kier molecular flexibility index (Phi) is 12.4. The van der Waals surface area contributed by atoms with Crippen LogP contribution in [-0.2, 0) is 11.3 Å². The van der Waals surface area contributed by atoms with Gasteiger partial charge in [-0.05, 0) is 32.3 Å². The van der Waals surface area contributed by atoms with Gasteiger partial charge in [-0.15, -0.1) is 24.0 Å². The van der Waals surface area contributed by atoms with Crippen molar-refractivity contribution in [3.63, 3.8) is 0 Å². The number of guanidine groups is 1. The number of hydrogen-bond acceptors (Lipinski definition) is 2. The van der Waals surface area contributed by atoms with E-state index in [1.54, 1.807) is 0 Å². The van der Waals surface area contributed by atoms with Crippen LogP contribution >= 0.6 is 24.0 Å². The first-order chi connectivity index (χ1) is 9.77. The molecule has 0 radical (unpaired) electrons. The summed E-state index contributed by atoms with van der Waals surface area (Å²) in [6, 6.07) is 10.2. The van der Waals surface area contributed by atoms with Gasteiger partial charge in [0.15, 0.2) is 5.96 Å². The van der Waals surface area contributed by atoms with Crippen molar-refractivity contribution < 1.29 is 4.74 Å². The van der Waals surface area contributed by atoms with Gasteiger partial charge >= 0.3 is 0 Å². The number of nitrogens with two attached hydrogens (primary N) is 1. The van der Waals surface area contributed by atoms with Crippen molar-refractivity contribution in [1.29, 1.82) is 0 Å².